The summed E-state index contributed by atoms with van der Waals surface area (Å²) < 4.78 is 0. The Bertz CT molecular complexity index is 520. The molecule has 0 saturated heterocycles. The summed E-state index contributed by atoms with van der Waals surface area (Å²) in [6.45, 7) is 0. The maximum Gasteiger partial charge on any atom is 0.0960 e. The van der Waals surface area contributed by atoms with Gasteiger partial charge in [0, 0.05) is 18.0 Å². The molecule has 78 valence electrons. The number of rotatable bonds is 1. The number of hydrogen-bond acceptors (Lipinski definition) is 3. The van der Waals surface area contributed by atoms with Gasteiger partial charge in [-0.1, -0.05) is 30.3 Å². The molecule has 0 radical (unpaired) electrons. The number of nitrogens with zero attached hydrogens (tertiary/aromatic N) is 2. The lowest BCUT2D eigenvalue weighted by molar-refractivity contribution is 0.629. The molecule has 1 aliphatic heterocycles. The third kappa shape index (κ3) is 1.46. The van der Waals surface area contributed by atoms with Gasteiger partial charge in [0.2, 0.25) is 0 Å². The molecule has 1 N–H and O–H groups in total. The van der Waals surface area contributed by atoms with Crippen LogP contribution in [0.15, 0.2) is 53.9 Å². The third-order valence-electron chi connectivity index (χ3n) is 2.73. The van der Waals surface area contributed by atoms with E-state index in [1.807, 2.05) is 30.6 Å². The highest BCUT2D eigenvalue weighted by atomic mass is 15.3. The van der Waals surface area contributed by atoms with Crippen LogP contribution in [0.5, 0.6) is 0 Å². The second-order valence-electron chi connectivity index (χ2n) is 3.74. The summed E-state index contributed by atoms with van der Waals surface area (Å²) in [5, 5.41) is 4.17. The van der Waals surface area contributed by atoms with E-state index in [1.165, 1.54) is 5.56 Å². The van der Waals surface area contributed by atoms with E-state index >= 15 is 0 Å². The van der Waals surface area contributed by atoms with Gasteiger partial charge in [0.15, 0.2) is 0 Å². The fraction of sp³-hybridized carbons (Fsp3) is 0.0769. The highest BCUT2D eigenvalue weighted by molar-refractivity contribution is 5.83. The van der Waals surface area contributed by atoms with Crippen molar-refractivity contribution in [3.8, 4) is 0 Å². The summed E-state index contributed by atoms with van der Waals surface area (Å²) in [6.07, 6.45) is 5.50. The predicted octanol–water partition coefficient (Wildman–Crippen LogP) is 2.11. The van der Waals surface area contributed by atoms with Crippen molar-refractivity contribution < 1.29 is 0 Å². The first-order valence-corrected chi connectivity index (χ1v) is 5.22. The number of fused-ring (bicyclic) bond motifs is 1. The Morgan fingerprint density at radius 1 is 1.06 bits per heavy atom. The minimum Gasteiger partial charge on any atom is -0.298 e. The van der Waals surface area contributed by atoms with E-state index in [4.69, 9.17) is 0 Å². The molecule has 0 spiro atoms. The Morgan fingerprint density at radius 3 is 2.88 bits per heavy atom. The lowest BCUT2D eigenvalue weighted by atomic mass is 9.95. The van der Waals surface area contributed by atoms with E-state index in [-0.39, 0.29) is 6.04 Å². The molecule has 0 unspecified atom stereocenters. The van der Waals surface area contributed by atoms with Crippen LogP contribution in [0.3, 0.4) is 0 Å². The van der Waals surface area contributed by atoms with Crippen molar-refractivity contribution >= 4 is 6.21 Å². The minimum atomic E-state index is 0.106. The molecule has 0 amide bonds. The quantitative estimate of drug-likeness (QED) is 0.781. The van der Waals surface area contributed by atoms with Crippen molar-refractivity contribution in [2.45, 2.75) is 6.04 Å². The normalized spacial score (nSPS) is 17.6. The molecule has 1 aromatic heterocycles. The van der Waals surface area contributed by atoms with Crippen LogP contribution in [-0.2, 0) is 0 Å². The molecule has 0 bridgehead atoms. The lowest BCUT2D eigenvalue weighted by Crippen LogP contribution is -2.22. The molecule has 0 fully saturated rings. The molecule has 2 heterocycles. The molecule has 16 heavy (non-hydrogen) atoms. The van der Waals surface area contributed by atoms with Gasteiger partial charge in [0.1, 0.15) is 0 Å². The molecule has 1 aromatic carbocycles. The van der Waals surface area contributed by atoms with Crippen LogP contribution in [0.1, 0.15) is 22.7 Å². The third-order valence-corrected chi connectivity index (χ3v) is 2.73. The van der Waals surface area contributed by atoms with Crippen LogP contribution in [-0.4, -0.2) is 11.2 Å². The SMILES string of the molecule is C1=NN[C@H](c2cccnc2)c2ccccc21. The van der Waals surface area contributed by atoms with E-state index in [0.29, 0.717) is 0 Å². The van der Waals surface area contributed by atoms with E-state index in [9.17, 15) is 0 Å². The molecule has 1 atom stereocenters. The Hall–Kier alpha value is -2.16. The molecule has 1 aliphatic rings. The van der Waals surface area contributed by atoms with Crippen LogP contribution >= 0.6 is 0 Å². The van der Waals surface area contributed by atoms with Gasteiger partial charge in [-0.25, -0.2) is 0 Å². The lowest BCUT2D eigenvalue weighted by Gasteiger charge is -2.22. The van der Waals surface area contributed by atoms with Gasteiger partial charge >= 0.3 is 0 Å². The zero-order valence-corrected chi connectivity index (χ0v) is 8.67. The summed E-state index contributed by atoms with van der Waals surface area (Å²) in [5.41, 5.74) is 6.66. The Morgan fingerprint density at radius 2 is 2.00 bits per heavy atom. The Labute approximate surface area is 93.8 Å². The van der Waals surface area contributed by atoms with Gasteiger partial charge in [-0.3, -0.25) is 10.4 Å². The van der Waals surface area contributed by atoms with E-state index in [1.54, 1.807) is 6.20 Å². The van der Waals surface area contributed by atoms with E-state index in [2.05, 4.69) is 33.7 Å². The molecule has 3 rings (SSSR count). The maximum absolute atomic E-state index is 4.17. The molecular formula is C13H11N3. The zero-order valence-electron chi connectivity index (χ0n) is 8.67. The van der Waals surface area contributed by atoms with E-state index in [0.717, 1.165) is 11.1 Å². The summed E-state index contributed by atoms with van der Waals surface area (Å²) in [6, 6.07) is 12.4. The van der Waals surface area contributed by atoms with Crippen molar-refractivity contribution in [1.29, 1.82) is 0 Å². The number of benzene rings is 1. The minimum absolute atomic E-state index is 0.106. The van der Waals surface area contributed by atoms with Gasteiger partial charge in [0.05, 0.1) is 12.3 Å². The van der Waals surface area contributed by atoms with Crippen LogP contribution in [0.4, 0.5) is 0 Å². The van der Waals surface area contributed by atoms with Crippen molar-refractivity contribution in [2.24, 2.45) is 5.10 Å². The largest absolute Gasteiger partial charge is 0.298 e. The summed E-state index contributed by atoms with van der Waals surface area (Å²) in [5.74, 6) is 0. The van der Waals surface area contributed by atoms with Gasteiger partial charge in [-0.15, -0.1) is 0 Å². The van der Waals surface area contributed by atoms with Crippen molar-refractivity contribution in [1.82, 2.24) is 10.4 Å². The van der Waals surface area contributed by atoms with Crippen molar-refractivity contribution in [3.63, 3.8) is 0 Å². The molecule has 0 aliphatic carbocycles. The number of pyridine rings is 1. The standard InChI is InChI=1S/C13H11N3/c1-2-6-12-10(4-1)9-15-16-13(12)11-5-3-7-14-8-11/h1-9,13,16H/t13-/m1/s1. The van der Waals surface area contributed by atoms with Crippen molar-refractivity contribution in [2.75, 3.05) is 0 Å². The van der Waals surface area contributed by atoms with E-state index < -0.39 is 0 Å². The van der Waals surface area contributed by atoms with Crippen molar-refractivity contribution in [3.05, 3.63) is 65.5 Å². The Balaban J connectivity index is 2.09. The summed E-state index contributed by atoms with van der Waals surface area (Å²) >= 11 is 0. The maximum atomic E-state index is 4.17. The summed E-state index contributed by atoms with van der Waals surface area (Å²) in [7, 11) is 0. The number of hydrogen-bond donors (Lipinski definition) is 1. The molecule has 3 heteroatoms. The average molecular weight is 209 g/mol. The zero-order chi connectivity index (χ0) is 10.8. The van der Waals surface area contributed by atoms with Crippen LogP contribution in [0.25, 0.3) is 0 Å². The fourth-order valence-corrected chi connectivity index (χ4v) is 1.94. The monoisotopic (exact) mass is 209 g/mol. The Kier molecular flexibility index (Phi) is 2.14. The first-order valence-electron chi connectivity index (χ1n) is 5.22. The second-order valence-corrected chi connectivity index (χ2v) is 3.74. The molecular weight excluding hydrogens is 198 g/mol. The van der Waals surface area contributed by atoms with Crippen LogP contribution in [0, 0.1) is 0 Å². The molecule has 3 nitrogen and oxygen atoms in total. The highest BCUT2D eigenvalue weighted by Gasteiger charge is 2.18. The van der Waals surface area contributed by atoms with Gasteiger partial charge in [0.25, 0.3) is 0 Å². The number of nitrogens with one attached hydrogen (secondary N) is 1. The molecule has 2 aromatic rings. The van der Waals surface area contributed by atoms with Gasteiger partial charge in [-0.05, 0) is 17.2 Å². The fourth-order valence-electron chi connectivity index (χ4n) is 1.94. The summed E-state index contributed by atoms with van der Waals surface area (Å²) in [4.78, 5) is 4.14. The first kappa shape index (κ1) is 9.09. The number of hydrazone groups is 1. The average Bonchev–Trinajstić information content (AvgIpc) is 2.39. The van der Waals surface area contributed by atoms with Gasteiger partial charge < -0.3 is 0 Å². The van der Waals surface area contributed by atoms with Crippen LogP contribution < -0.4 is 5.43 Å². The van der Waals surface area contributed by atoms with Gasteiger partial charge in [-0.2, -0.15) is 5.10 Å². The number of aromatic nitrogens is 1. The second kappa shape index (κ2) is 3.77. The molecule has 0 saturated carbocycles. The predicted molar refractivity (Wildman–Crippen MR) is 63.3 cm³/mol. The smallest absolute Gasteiger partial charge is 0.0960 e. The van der Waals surface area contributed by atoms with Crippen LogP contribution in [0.2, 0.25) is 0 Å². The first-order chi connectivity index (χ1) is 7.95. The highest BCUT2D eigenvalue weighted by Crippen LogP contribution is 2.25. The topological polar surface area (TPSA) is 37.3 Å².